The van der Waals surface area contributed by atoms with Crippen molar-refractivity contribution >= 4 is 47.1 Å². The molecule has 360 valence electrons. The SMILES string of the molecule is C1CCC1.C1CCC1.CC.CC.CC.CC.CC.CC.CCC(=O)CCC(=O)NC.CN.CN.CNC(=O)CCC(=O)OC.O=C(O)CCC(=O)CC(=O)CCC(=O)O. The van der Waals surface area contributed by atoms with Gasteiger partial charge in [-0.25, -0.2) is 0 Å². The Labute approximate surface area is 362 Å². The first-order valence-corrected chi connectivity index (χ1v) is 21.9. The topological polar surface area (TPSA) is 262 Å². The minimum atomic E-state index is -1.10. The number of Topliss-reactive ketones (excluding diaryl/α,β-unsaturated/α-hetero) is 3. The normalized spacial score (nSPS) is 9.49. The summed E-state index contributed by atoms with van der Waals surface area (Å²) in [4.78, 5) is 84.3. The number of nitrogens with one attached hydrogen (secondary N) is 2. The van der Waals surface area contributed by atoms with Crippen molar-refractivity contribution in [3.63, 3.8) is 0 Å². The van der Waals surface area contributed by atoms with Crippen molar-refractivity contribution in [3.05, 3.63) is 0 Å². The fourth-order valence-electron chi connectivity index (χ4n) is 2.39. The lowest BCUT2D eigenvalue weighted by molar-refractivity contribution is -0.142. The molecule has 0 aromatic carbocycles. The molecule has 0 aromatic heterocycles. The molecule has 15 nitrogen and oxygen atoms in total. The Hall–Kier alpha value is -3.72. The Morgan fingerprint density at radius 3 is 0.864 bits per heavy atom. The third-order valence-electron chi connectivity index (χ3n) is 6.00. The van der Waals surface area contributed by atoms with Gasteiger partial charge in [0.2, 0.25) is 11.8 Å². The molecule has 59 heavy (non-hydrogen) atoms. The maximum absolute atomic E-state index is 11.0. The Balaban J connectivity index is -0.0000000518. The standard InChI is InChI=1S/C9H12O6.C7H13NO2.C6H11NO3.2C4H8.6C2H6.2CH5N/c10-6(1-3-8(12)13)5-7(11)2-4-9(14)15;1-3-6(9)4-5-7(10)8-2;1-7-5(8)3-4-6(9)10-2;2*1-2-4-3-1;8*1-2/h1-5H2,(H,12,13)(H,14,15);3-5H2,1-2H3,(H,8,10);3-4H2,1-2H3,(H,7,8);2*1-4H2;6*1-2H3;2*2H2,1H3. The molecule has 0 aromatic rings. The average molecular weight is 859 g/mol. The molecule has 0 saturated heterocycles. The van der Waals surface area contributed by atoms with Crippen LogP contribution in [-0.4, -0.2) is 92.6 Å². The van der Waals surface area contributed by atoms with Crippen LogP contribution in [0.25, 0.3) is 0 Å². The van der Waals surface area contributed by atoms with Crippen LogP contribution in [0, 0.1) is 0 Å². The number of methoxy groups -OCH3 is 1. The van der Waals surface area contributed by atoms with E-state index in [1.54, 1.807) is 14.0 Å². The number of aliphatic carboxylic acids is 2. The highest BCUT2D eigenvalue weighted by Crippen LogP contribution is 2.15. The highest BCUT2D eigenvalue weighted by molar-refractivity contribution is 6.00. The predicted molar refractivity (Wildman–Crippen MR) is 248 cm³/mol. The van der Waals surface area contributed by atoms with E-state index in [1.807, 2.05) is 83.1 Å². The number of hydrogen-bond donors (Lipinski definition) is 6. The first kappa shape index (κ1) is 83.1. The van der Waals surface area contributed by atoms with Gasteiger partial charge in [-0.3, -0.25) is 38.4 Å². The summed E-state index contributed by atoms with van der Waals surface area (Å²) in [6, 6.07) is 0. The lowest BCUT2D eigenvalue weighted by Gasteiger charge is -2.05. The molecular formula is C44H98N4O11. The fourth-order valence-corrected chi connectivity index (χ4v) is 2.39. The Kier molecular flexibility index (Phi) is 127. The minimum Gasteiger partial charge on any atom is -0.481 e. The number of carboxylic acid groups (broad SMARTS) is 2. The monoisotopic (exact) mass is 859 g/mol. The minimum absolute atomic E-state index is 0.0678. The molecule has 15 heteroatoms. The zero-order valence-corrected chi connectivity index (χ0v) is 41.5. The number of ketones is 3. The number of carboxylic acids is 2. The molecule has 2 aliphatic carbocycles. The number of ether oxygens (including phenoxy) is 1. The van der Waals surface area contributed by atoms with Crippen LogP contribution in [0.5, 0.6) is 0 Å². The smallest absolute Gasteiger partial charge is 0.306 e. The zero-order chi connectivity index (χ0) is 49.5. The van der Waals surface area contributed by atoms with Crippen LogP contribution in [0.15, 0.2) is 0 Å². The predicted octanol–water partition coefficient (Wildman–Crippen LogP) is 8.85. The maximum atomic E-state index is 11.0. The zero-order valence-electron chi connectivity index (χ0n) is 41.5. The molecule has 2 fully saturated rings. The molecule has 0 spiro atoms. The molecule has 0 aliphatic heterocycles. The van der Waals surface area contributed by atoms with Gasteiger partial charge in [0.15, 0.2) is 0 Å². The molecule has 2 rings (SSSR count). The second-order valence-corrected chi connectivity index (χ2v) is 9.68. The van der Waals surface area contributed by atoms with Crippen LogP contribution in [0.1, 0.15) is 206 Å². The van der Waals surface area contributed by atoms with Gasteiger partial charge in [0, 0.05) is 52.6 Å². The summed E-state index contributed by atoms with van der Waals surface area (Å²) in [7, 11) is 7.39. The van der Waals surface area contributed by atoms with Gasteiger partial charge in [0.25, 0.3) is 0 Å². The van der Waals surface area contributed by atoms with Crippen molar-refractivity contribution < 1.29 is 53.3 Å². The quantitative estimate of drug-likeness (QED) is 0.0665. The number of rotatable bonds is 15. The van der Waals surface area contributed by atoms with Crippen LogP contribution in [0.4, 0.5) is 0 Å². The van der Waals surface area contributed by atoms with Gasteiger partial charge in [0.05, 0.1) is 32.8 Å². The van der Waals surface area contributed by atoms with Crippen LogP contribution in [0.3, 0.4) is 0 Å². The molecule has 0 atom stereocenters. The molecule has 0 radical (unpaired) electrons. The van der Waals surface area contributed by atoms with Crippen molar-refractivity contribution in [2.24, 2.45) is 11.5 Å². The van der Waals surface area contributed by atoms with Crippen molar-refractivity contribution in [1.82, 2.24) is 10.6 Å². The van der Waals surface area contributed by atoms with Crippen LogP contribution < -0.4 is 22.1 Å². The van der Waals surface area contributed by atoms with E-state index >= 15 is 0 Å². The van der Waals surface area contributed by atoms with E-state index in [4.69, 9.17) is 10.2 Å². The molecular weight excluding hydrogens is 761 g/mol. The fraction of sp³-hybridized carbons (Fsp3) is 0.818. The summed E-state index contributed by atoms with van der Waals surface area (Å²) < 4.78 is 4.33. The highest BCUT2D eigenvalue weighted by atomic mass is 16.5. The van der Waals surface area contributed by atoms with E-state index in [1.165, 1.54) is 79.6 Å². The second-order valence-electron chi connectivity index (χ2n) is 9.68. The van der Waals surface area contributed by atoms with Crippen molar-refractivity contribution in [3.8, 4) is 0 Å². The van der Waals surface area contributed by atoms with Crippen LogP contribution in [0.2, 0.25) is 0 Å². The van der Waals surface area contributed by atoms with E-state index in [2.05, 4.69) is 26.8 Å². The third kappa shape index (κ3) is 113. The summed E-state index contributed by atoms with van der Waals surface area (Å²) >= 11 is 0. The lowest BCUT2D eigenvalue weighted by Crippen LogP contribution is -2.18. The first-order valence-electron chi connectivity index (χ1n) is 21.9. The van der Waals surface area contributed by atoms with Crippen molar-refractivity contribution in [2.45, 2.75) is 206 Å². The van der Waals surface area contributed by atoms with Gasteiger partial charge in [-0.15, -0.1) is 0 Å². The summed E-state index contributed by atoms with van der Waals surface area (Å²) in [5.41, 5.74) is 9.00. The number of esters is 1. The molecule has 0 bridgehead atoms. The van der Waals surface area contributed by atoms with Gasteiger partial charge in [-0.05, 0) is 14.1 Å². The van der Waals surface area contributed by atoms with E-state index in [0.717, 1.165) is 0 Å². The van der Waals surface area contributed by atoms with Gasteiger partial charge in [-0.1, -0.05) is 141 Å². The van der Waals surface area contributed by atoms with Gasteiger partial charge in [0.1, 0.15) is 17.3 Å². The Morgan fingerprint density at radius 1 is 0.441 bits per heavy atom. The van der Waals surface area contributed by atoms with E-state index < -0.39 is 23.5 Å². The van der Waals surface area contributed by atoms with E-state index in [9.17, 15) is 38.4 Å². The van der Waals surface area contributed by atoms with Gasteiger partial charge < -0.3 is 37.1 Å². The number of carbonyl (C=O) groups excluding carboxylic acids is 6. The van der Waals surface area contributed by atoms with Crippen molar-refractivity contribution in [1.29, 1.82) is 0 Å². The highest BCUT2D eigenvalue weighted by Gasteiger charge is 2.12. The summed E-state index contributed by atoms with van der Waals surface area (Å²) in [6.45, 7) is 25.8. The number of hydrogen-bond acceptors (Lipinski definition) is 11. The summed E-state index contributed by atoms with van der Waals surface area (Å²) in [5, 5.41) is 21.4. The van der Waals surface area contributed by atoms with Crippen LogP contribution >= 0.6 is 0 Å². The molecule has 0 unspecified atom stereocenters. The van der Waals surface area contributed by atoms with Gasteiger partial charge >= 0.3 is 17.9 Å². The maximum Gasteiger partial charge on any atom is 0.306 e. The lowest BCUT2D eigenvalue weighted by atomic mass is 10.0. The number of nitrogens with two attached hydrogens (primary N) is 2. The number of amides is 2. The molecule has 2 aliphatic rings. The van der Waals surface area contributed by atoms with E-state index in [-0.39, 0.29) is 68.5 Å². The Bertz CT molecular complexity index is 756. The van der Waals surface area contributed by atoms with E-state index in [0.29, 0.717) is 19.3 Å². The molecule has 0 heterocycles. The average Bonchev–Trinajstić information content (AvgIpc) is 3.25. The van der Waals surface area contributed by atoms with Gasteiger partial charge in [-0.2, -0.15) is 0 Å². The molecule has 2 amide bonds. The largest absolute Gasteiger partial charge is 0.481 e. The summed E-state index contributed by atoms with van der Waals surface area (Å²) in [5.74, 6) is -3.55. The Morgan fingerprint density at radius 2 is 0.678 bits per heavy atom. The summed E-state index contributed by atoms with van der Waals surface area (Å²) in [6.07, 6.45) is 12.2. The second kappa shape index (κ2) is 90.4. The number of carbonyl (C=O) groups is 8. The van der Waals surface area contributed by atoms with Crippen LogP contribution in [-0.2, 0) is 43.1 Å². The van der Waals surface area contributed by atoms with Crippen molar-refractivity contribution in [2.75, 3.05) is 35.3 Å². The first-order chi connectivity index (χ1) is 28.3. The molecule has 2 saturated carbocycles. The molecule has 8 N–H and O–H groups in total. The third-order valence-corrected chi connectivity index (χ3v) is 6.00.